The van der Waals surface area contributed by atoms with Crippen molar-refractivity contribution in [2.24, 2.45) is 5.92 Å². The van der Waals surface area contributed by atoms with Crippen LogP contribution >= 0.6 is 0 Å². The lowest BCUT2D eigenvalue weighted by molar-refractivity contribution is 0.0454. The molecule has 0 unspecified atom stereocenters. The van der Waals surface area contributed by atoms with E-state index in [1.54, 1.807) is 6.07 Å². The number of para-hydroxylation sites is 1. The van der Waals surface area contributed by atoms with Crippen LogP contribution < -0.4 is 4.74 Å². The summed E-state index contributed by atoms with van der Waals surface area (Å²) >= 11 is 0. The van der Waals surface area contributed by atoms with Crippen molar-refractivity contribution in [2.75, 3.05) is 13.2 Å². The molecule has 0 amide bonds. The molecule has 0 heterocycles. The minimum absolute atomic E-state index is 0.314. The Morgan fingerprint density at radius 1 is 1.35 bits per heavy atom. The van der Waals surface area contributed by atoms with Gasteiger partial charge in [0.2, 0.25) is 0 Å². The molecule has 1 aromatic rings. The van der Waals surface area contributed by atoms with E-state index in [0.29, 0.717) is 30.4 Å². The van der Waals surface area contributed by atoms with Gasteiger partial charge in [0.15, 0.2) is 0 Å². The van der Waals surface area contributed by atoms with E-state index in [-0.39, 0.29) is 5.97 Å². The Hall–Kier alpha value is -1.51. The van der Waals surface area contributed by atoms with Gasteiger partial charge in [0.1, 0.15) is 11.3 Å². The summed E-state index contributed by atoms with van der Waals surface area (Å²) in [4.78, 5) is 11.9. The van der Waals surface area contributed by atoms with Crippen molar-refractivity contribution >= 4 is 5.97 Å². The number of aryl methyl sites for hydroxylation is 1. The number of rotatable bonds is 5. The Morgan fingerprint density at radius 2 is 2.06 bits per heavy atom. The predicted octanol–water partition coefficient (Wildman–Crippen LogP) is 3.21. The third-order valence-electron chi connectivity index (χ3n) is 2.27. The molecule has 3 heteroatoms. The molecule has 0 saturated heterocycles. The van der Waals surface area contributed by atoms with Gasteiger partial charge >= 0.3 is 5.97 Å². The molecular weight excluding hydrogens is 216 g/mol. The topological polar surface area (TPSA) is 35.5 Å². The SMILES string of the molecule is CCOc1c(C)cccc1C(=O)OCC(C)C. The van der Waals surface area contributed by atoms with Crippen LogP contribution in [0.15, 0.2) is 18.2 Å². The van der Waals surface area contributed by atoms with Crippen LogP contribution in [0.25, 0.3) is 0 Å². The maximum atomic E-state index is 11.9. The molecule has 0 fully saturated rings. The third-order valence-corrected chi connectivity index (χ3v) is 2.27. The quantitative estimate of drug-likeness (QED) is 0.736. The van der Waals surface area contributed by atoms with Crippen molar-refractivity contribution < 1.29 is 14.3 Å². The first kappa shape index (κ1) is 13.6. The zero-order valence-electron chi connectivity index (χ0n) is 10.9. The van der Waals surface area contributed by atoms with Gasteiger partial charge in [0, 0.05) is 0 Å². The van der Waals surface area contributed by atoms with Crippen LogP contribution in [0.4, 0.5) is 0 Å². The molecule has 0 aliphatic heterocycles. The second-order valence-electron chi connectivity index (χ2n) is 4.38. The molecule has 0 aliphatic rings. The summed E-state index contributed by atoms with van der Waals surface area (Å²) in [5.41, 5.74) is 1.46. The number of carbonyl (C=O) groups is 1. The molecule has 94 valence electrons. The standard InChI is InChI=1S/C14H20O3/c1-5-16-13-11(4)7-6-8-12(13)14(15)17-9-10(2)3/h6-8,10H,5,9H2,1-4H3. The molecule has 0 bridgehead atoms. The first-order valence-corrected chi connectivity index (χ1v) is 5.95. The Bertz CT molecular complexity index is 383. The lowest BCUT2D eigenvalue weighted by Crippen LogP contribution is -2.12. The van der Waals surface area contributed by atoms with Crippen LogP contribution in [0.1, 0.15) is 36.7 Å². The number of ether oxygens (including phenoxy) is 2. The van der Waals surface area contributed by atoms with Crippen LogP contribution in [0.3, 0.4) is 0 Å². The van der Waals surface area contributed by atoms with E-state index in [9.17, 15) is 4.79 Å². The molecule has 0 spiro atoms. The van der Waals surface area contributed by atoms with Crippen molar-refractivity contribution in [3.8, 4) is 5.75 Å². The Balaban J connectivity index is 2.88. The molecule has 0 atom stereocenters. The Labute approximate surface area is 103 Å². The number of esters is 1. The van der Waals surface area contributed by atoms with Gasteiger partial charge in [0.25, 0.3) is 0 Å². The highest BCUT2D eigenvalue weighted by atomic mass is 16.5. The molecule has 1 rings (SSSR count). The molecule has 1 aromatic carbocycles. The minimum Gasteiger partial charge on any atom is -0.493 e. The van der Waals surface area contributed by atoms with Gasteiger partial charge in [-0.05, 0) is 31.4 Å². The summed E-state index contributed by atoms with van der Waals surface area (Å²) in [6.07, 6.45) is 0. The van der Waals surface area contributed by atoms with Gasteiger partial charge in [0.05, 0.1) is 13.2 Å². The molecule has 0 saturated carbocycles. The maximum absolute atomic E-state index is 11.9. The fraction of sp³-hybridized carbons (Fsp3) is 0.500. The summed E-state index contributed by atoms with van der Waals surface area (Å²) in [6, 6.07) is 5.49. The summed E-state index contributed by atoms with van der Waals surface area (Å²) in [6.45, 7) is 8.80. The third kappa shape index (κ3) is 3.77. The lowest BCUT2D eigenvalue weighted by Gasteiger charge is -2.13. The van der Waals surface area contributed by atoms with Gasteiger partial charge in [-0.15, -0.1) is 0 Å². The average Bonchev–Trinajstić information content (AvgIpc) is 2.29. The second-order valence-corrected chi connectivity index (χ2v) is 4.38. The summed E-state index contributed by atoms with van der Waals surface area (Å²) < 4.78 is 10.7. The molecule has 0 aromatic heterocycles. The van der Waals surface area contributed by atoms with E-state index < -0.39 is 0 Å². The fourth-order valence-corrected chi connectivity index (χ4v) is 1.47. The molecule has 0 aliphatic carbocycles. The van der Waals surface area contributed by atoms with E-state index in [0.717, 1.165) is 5.56 Å². The van der Waals surface area contributed by atoms with Gasteiger partial charge in [-0.2, -0.15) is 0 Å². The van der Waals surface area contributed by atoms with Crippen molar-refractivity contribution in [1.82, 2.24) is 0 Å². The number of hydrogen-bond donors (Lipinski definition) is 0. The zero-order chi connectivity index (χ0) is 12.8. The molecular formula is C14H20O3. The molecule has 0 N–H and O–H groups in total. The Kier molecular flexibility index (Phi) is 5.01. The largest absolute Gasteiger partial charge is 0.493 e. The van der Waals surface area contributed by atoms with E-state index in [2.05, 4.69) is 0 Å². The summed E-state index contributed by atoms with van der Waals surface area (Å²) in [5, 5.41) is 0. The van der Waals surface area contributed by atoms with Gasteiger partial charge < -0.3 is 9.47 Å². The normalized spacial score (nSPS) is 10.4. The second kappa shape index (κ2) is 6.28. The monoisotopic (exact) mass is 236 g/mol. The highest BCUT2D eigenvalue weighted by Crippen LogP contribution is 2.24. The average molecular weight is 236 g/mol. The predicted molar refractivity (Wildman–Crippen MR) is 67.5 cm³/mol. The van der Waals surface area contributed by atoms with Crippen molar-refractivity contribution in [1.29, 1.82) is 0 Å². The number of carbonyl (C=O) groups excluding carboxylic acids is 1. The lowest BCUT2D eigenvalue weighted by atomic mass is 10.1. The van der Waals surface area contributed by atoms with Crippen molar-refractivity contribution in [3.05, 3.63) is 29.3 Å². The maximum Gasteiger partial charge on any atom is 0.341 e. The molecule has 17 heavy (non-hydrogen) atoms. The van der Waals surface area contributed by atoms with Crippen LogP contribution in [-0.2, 0) is 4.74 Å². The van der Waals surface area contributed by atoms with Gasteiger partial charge in [-0.25, -0.2) is 4.79 Å². The summed E-state index contributed by atoms with van der Waals surface area (Å²) in [5.74, 6) is 0.647. The van der Waals surface area contributed by atoms with Gasteiger partial charge in [-0.3, -0.25) is 0 Å². The van der Waals surface area contributed by atoms with E-state index in [1.165, 1.54) is 0 Å². The zero-order valence-corrected chi connectivity index (χ0v) is 10.9. The van der Waals surface area contributed by atoms with Crippen molar-refractivity contribution in [3.63, 3.8) is 0 Å². The van der Waals surface area contributed by atoms with Crippen LogP contribution in [-0.4, -0.2) is 19.2 Å². The van der Waals surface area contributed by atoms with Crippen LogP contribution in [0.2, 0.25) is 0 Å². The van der Waals surface area contributed by atoms with E-state index >= 15 is 0 Å². The highest BCUT2D eigenvalue weighted by Gasteiger charge is 2.15. The Morgan fingerprint density at radius 3 is 2.65 bits per heavy atom. The molecule has 0 radical (unpaired) electrons. The summed E-state index contributed by atoms with van der Waals surface area (Å²) in [7, 11) is 0. The van der Waals surface area contributed by atoms with Crippen LogP contribution in [0.5, 0.6) is 5.75 Å². The highest BCUT2D eigenvalue weighted by molar-refractivity contribution is 5.93. The smallest absolute Gasteiger partial charge is 0.341 e. The van der Waals surface area contributed by atoms with Crippen LogP contribution in [0, 0.1) is 12.8 Å². The fourth-order valence-electron chi connectivity index (χ4n) is 1.47. The first-order valence-electron chi connectivity index (χ1n) is 5.95. The van der Waals surface area contributed by atoms with Gasteiger partial charge in [-0.1, -0.05) is 26.0 Å². The van der Waals surface area contributed by atoms with E-state index in [1.807, 2.05) is 39.8 Å². The van der Waals surface area contributed by atoms with Crippen molar-refractivity contribution in [2.45, 2.75) is 27.7 Å². The minimum atomic E-state index is -0.314. The first-order chi connectivity index (χ1) is 8.06. The van der Waals surface area contributed by atoms with E-state index in [4.69, 9.17) is 9.47 Å². The number of hydrogen-bond acceptors (Lipinski definition) is 3. The number of benzene rings is 1. The molecule has 3 nitrogen and oxygen atoms in total.